The number of carbonyl (C=O) groups excluding carboxylic acids is 2. The highest BCUT2D eigenvalue weighted by Crippen LogP contribution is 2.36. The van der Waals surface area contributed by atoms with Crippen LogP contribution in [0.2, 0.25) is 5.02 Å². The van der Waals surface area contributed by atoms with Crippen LogP contribution in [0.15, 0.2) is 52.3 Å². The molecule has 2 N–H and O–H groups in total. The molecule has 0 bridgehead atoms. The average molecular weight is 439 g/mol. The largest absolute Gasteiger partial charge is 0.326 e. The maximum Gasteiger partial charge on any atom is 0.225 e. The number of halogens is 1. The number of benzene rings is 2. The van der Waals surface area contributed by atoms with Gasteiger partial charge in [0.15, 0.2) is 9.84 Å². The van der Waals surface area contributed by atoms with Gasteiger partial charge in [-0.25, -0.2) is 8.42 Å². The second kappa shape index (κ2) is 8.55. The Morgan fingerprint density at radius 1 is 1.29 bits per heavy atom. The highest BCUT2D eigenvalue weighted by atomic mass is 35.5. The second-order valence-electron chi connectivity index (χ2n) is 6.47. The Kier molecular flexibility index (Phi) is 6.32. The van der Waals surface area contributed by atoms with Gasteiger partial charge in [-0.2, -0.15) is 0 Å². The number of nitrogens with one attached hydrogen (secondary N) is 2. The Morgan fingerprint density at radius 2 is 2.07 bits per heavy atom. The summed E-state index contributed by atoms with van der Waals surface area (Å²) in [5, 5.41) is 5.97. The molecule has 0 aliphatic carbocycles. The van der Waals surface area contributed by atoms with Crippen molar-refractivity contribution in [3.8, 4) is 0 Å². The molecular formula is C19H19ClN2O4S2. The van der Waals surface area contributed by atoms with E-state index >= 15 is 0 Å². The lowest BCUT2D eigenvalue weighted by Crippen LogP contribution is -2.18. The summed E-state index contributed by atoms with van der Waals surface area (Å²) in [6, 6.07) is 11.3. The summed E-state index contributed by atoms with van der Waals surface area (Å²) in [5.74, 6) is -0.900. The number of hydrogen-bond acceptors (Lipinski definition) is 5. The molecule has 2 amide bonds. The molecule has 0 saturated carbocycles. The van der Waals surface area contributed by atoms with Crippen molar-refractivity contribution in [1.29, 1.82) is 0 Å². The van der Waals surface area contributed by atoms with E-state index in [1.165, 1.54) is 23.9 Å². The van der Waals surface area contributed by atoms with Gasteiger partial charge in [-0.3, -0.25) is 9.59 Å². The fourth-order valence-electron chi connectivity index (χ4n) is 2.76. The summed E-state index contributed by atoms with van der Waals surface area (Å²) in [6.07, 6.45) is 0.176. The Morgan fingerprint density at radius 3 is 2.82 bits per heavy atom. The van der Waals surface area contributed by atoms with E-state index in [4.69, 9.17) is 11.6 Å². The number of thioether (sulfide) groups is 1. The zero-order chi connectivity index (χ0) is 20.3. The molecule has 9 heteroatoms. The first-order valence-corrected chi connectivity index (χ1v) is 11.5. The molecule has 0 radical (unpaired) electrons. The van der Waals surface area contributed by atoms with Crippen LogP contribution in [0.4, 0.5) is 11.4 Å². The first-order valence-electron chi connectivity index (χ1n) is 8.62. The van der Waals surface area contributed by atoms with Crippen molar-refractivity contribution in [2.45, 2.75) is 34.8 Å². The monoisotopic (exact) mass is 438 g/mol. The van der Waals surface area contributed by atoms with Gasteiger partial charge in [0.05, 0.1) is 16.3 Å². The fraction of sp³-hybridized carbons (Fsp3) is 0.263. The molecule has 2 aromatic rings. The van der Waals surface area contributed by atoms with E-state index in [0.29, 0.717) is 22.8 Å². The number of carbonyl (C=O) groups is 2. The van der Waals surface area contributed by atoms with Gasteiger partial charge in [-0.05, 0) is 36.4 Å². The summed E-state index contributed by atoms with van der Waals surface area (Å²) in [4.78, 5) is 24.9. The highest BCUT2D eigenvalue weighted by Gasteiger charge is 2.22. The number of hydrogen-bond donors (Lipinski definition) is 2. The summed E-state index contributed by atoms with van der Waals surface area (Å²) in [6.45, 7) is 1.95. The van der Waals surface area contributed by atoms with Crippen molar-refractivity contribution in [1.82, 2.24) is 0 Å². The number of rotatable bonds is 5. The van der Waals surface area contributed by atoms with Gasteiger partial charge in [0.2, 0.25) is 11.8 Å². The van der Waals surface area contributed by atoms with Gasteiger partial charge in [0.25, 0.3) is 0 Å². The van der Waals surface area contributed by atoms with Gasteiger partial charge in [0, 0.05) is 33.7 Å². The van der Waals surface area contributed by atoms with Crippen molar-refractivity contribution < 1.29 is 18.0 Å². The van der Waals surface area contributed by atoms with Crippen LogP contribution >= 0.6 is 23.4 Å². The number of sulfone groups is 1. The normalized spacial score (nSPS) is 16.6. The molecule has 0 fully saturated rings. The van der Waals surface area contributed by atoms with Crippen LogP contribution in [0.3, 0.4) is 0 Å². The third-order valence-electron chi connectivity index (χ3n) is 4.09. The zero-order valence-electron chi connectivity index (χ0n) is 15.1. The summed E-state index contributed by atoms with van der Waals surface area (Å²) >= 11 is 7.39. The molecule has 1 heterocycles. The molecule has 6 nitrogen and oxygen atoms in total. The maximum absolute atomic E-state index is 12.6. The van der Waals surface area contributed by atoms with Crippen LogP contribution < -0.4 is 10.6 Å². The van der Waals surface area contributed by atoms with Gasteiger partial charge in [-0.1, -0.05) is 24.6 Å². The molecule has 0 unspecified atom stereocenters. The number of anilines is 2. The molecule has 0 spiro atoms. The SMILES string of the molecule is C[C@H]1CC(=O)Nc2cc(S(=O)(=O)CCC(=O)Nc3cccc(Cl)c3)ccc2S1. The molecule has 28 heavy (non-hydrogen) atoms. The van der Waals surface area contributed by atoms with Crippen LogP contribution in [-0.4, -0.2) is 31.2 Å². The van der Waals surface area contributed by atoms with Crippen LogP contribution in [0.5, 0.6) is 0 Å². The fourth-order valence-corrected chi connectivity index (χ4v) is 5.26. The highest BCUT2D eigenvalue weighted by molar-refractivity contribution is 8.00. The molecule has 148 valence electrons. The Balaban J connectivity index is 1.69. The molecule has 1 aliphatic rings. The first-order chi connectivity index (χ1) is 13.2. The van der Waals surface area contributed by atoms with Crippen LogP contribution in [0.1, 0.15) is 19.8 Å². The maximum atomic E-state index is 12.6. The number of amides is 2. The smallest absolute Gasteiger partial charge is 0.225 e. The van der Waals surface area contributed by atoms with E-state index in [1.807, 2.05) is 6.92 Å². The van der Waals surface area contributed by atoms with E-state index in [2.05, 4.69) is 10.6 Å². The van der Waals surface area contributed by atoms with Crippen molar-refractivity contribution >= 4 is 56.4 Å². The van der Waals surface area contributed by atoms with Gasteiger partial charge in [-0.15, -0.1) is 11.8 Å². The lowest BCUT2D eigenvalue weighted by molar-refractivity contribution is -0.116. The lowest BCUT2D eigenvalue weighted by Gasteiger charge is -2.11. The number of fused-ring (bicyclic) bond motifs is 1. The van der Waals surface area contributed by atoms with Crippen LogP contribution in [0, 0.1) is 0 Å². The van der Waals surface area contributed by atoms with Crippen molar-refractivity contribution in [3.63, 3.8) is 0 Å². The standard InChI is InChI=1S/C19H19ClN2O4S2/c1-12-9-19(24)22-16-11-15(5-6-17(16)27-12)28(25,26)8-7-18(23)21-14-4-2-3-13(20)10-14/h2-6,10-12H,7-9H2,1H3,(H,21,23)(H,22,24)/t12-/m0/s1. The predicted molar refractivity (Wildman–Crippen MR) is 112 cm³/mol. The zero-order valence-corrected chi connectivity index (χ0v) is 17.5. The van der Waals surface area contributed by atoms with E-state index in [0.717, 1.165) is 4.90 Å². The van der Waals surface area contributed by atoms with Crippen LogP contribution in [0.25, 0.3) is 0 Å². The molecular weight excluding hydrogens is 420 g/mol. The van der Waals surface area contributed by atoms with E-state index < -0.39 is 15.7 Å². The molecule has 1 aliphatic heterocycles. The van der Waals surface area contributed by atoms with E-state index in [-0.39, 0.29) is 28.2 Å². The summed E-state index contributed by atoms with van der Waals surface area (Å²) in [7, 11) is -3.68. The first kappa shape index (κ1) is 20.7. The van der Waals surface area contributed by atoms with Crippen molar-refractivity contribution in [3.05, 3.63) is 47.5 Å². The van der Waals surface area contributed by atoms with E-state index in [9.17, 15) is 18.0 Å². The minimum absolute atomic E-state index is 0.0808. The van der Waals surface area contributed by atoms with Gasteiger partial charge >= 0.3 is 0 Å². The van der Waals surface area contributed by atoms with E-state index in [1.54, 1.807) is 30.3 Å². The topological polar surface area (TPSA) is 92.3 Å². The second-order valence-corrected chi connectivity index (χ2v) is 10.5. The minimum Gasteiger partial charge on any atom is -0.326 e. The molecule has 0 aromatic heterocycles. The molecule has 1 atom stereocenters. The third-order valence-corrected chi connectivity index (χ3v) is 7.22. The van der Waals surface area contributed by atoms with Crippen molar-refractivity contribution in [2.75, 3.05) is 16.4 Å². The molecule has 0 saturated heterocycles. The Hall–Kier alpha value is -2.03. The van der Waals surface area contributed by atoms with Crippen molar-refractivity contribution in [2.24, 2.45) is 0 Å². The molecule has 2 aromatic carbocycles. The van der Waals surface area contributed by atoms with Gasteiger partial charge < -0.3 is 10.6 Å². The molecule has 3 rings (SSSR count). The Bertz CT molecular complexity index is 1020. The van der Waals surface area contributed by atoms with Gasteiger partial charge in [0.1, 0.15) is 0 Å². The summed E-state index contributed by atoms with van der Waals surface area (Å²) < 4.78 is 25.3. The third kappa shape index (κ3) is 5.27. The lowest BCUT2D eigenvalue weighted by atomic mass is 10.3. The Labute approximate surface area is 173 Å². The summed E-state index contributed by atoms with van der Waals surface area (Å²) in [5.41, 5.74) is 0.998. The average Bonchev–Trinajstić information content (AvgIpc) is 2.75. The van der Waals surface area contributed by atoms with Crippen LogP contribution in [-0.2, 0) is 19.4 Å². The predicted octanol–water partition coefficient (Wildman–Crippen LogP) is 3.97. The minimum atomic E-state index is -3.68. The quantitative estimate of drug-likeness (QED) is 0.736.